The summed E-state index contributed by atoms with van der Waals surface area (Å²) in [5.74, 6) is 8.92. The molecule has 22 heavy (non-hydrogen) atoms. The van der Waals surface area contributed by atoms with E-state index in [0.29, 0.717) is 18.4 Å². The summed E-state index contributed by atoms with van der Waals surface area (Å²) >= 11 is 0. The summed E-state index contributed by atoms with van der Waals surface area (Å²) in [7, 11) is 0. The van der Waals surface area contributed by atoms with E-state index in [2.05, 4.69) is 58.6 Å². The van der Waals surface area contributed by atoms with E-state index in [1.807, 2.05) is 6.07 Å². The van der Waals surface area contributed by atoms with Crippen LogP contribution in [0.15, 0.2) is 18.2 Å². The van der Waals surface area contributed by atoms with Gasteiger partial charge in [0, 0.05) is 12.3 Å². The van der Waals surface area contributed by atoms with E-state index in [9.17, 15) is 0 Å². The molecule has 0 fully saturated rings. The number of hydrogen-bond donors (Lipinski definition) is 0. The largest absolute Gasteiger partial charge is 0.490 e. The molecule has 2 unspecified atom stereocenters. The molecular weight excluding hydrogens is 272 g/mol. The fourth-order valence-electron chi connectivity index (χ4n) is 2.14. The third-order valence-electron chi connectivity index (χ3n) is 3.67. The van der Waals surface area contributed by atoms with Crippen LogP contribution in [0.3, 0.4) is 0 Å². The Labute approximate surface area is 136 Å². The first-order valence-corrected chi connectivity index (χ1v) is 8.51. The molecule has 1 aromatic rings. The first kappa shape index (κ1) is 18.4. The molecule has 1 rings (SSSR count). The summed E-state index contributed by atoms with van der Waals surface area (Å²) in [4.78, 5) is 0. The van der Waals surface area contributed by atoms with Crippen molar-refractivity contribution in [3.8, 4) is 23.3 Å². The second kappa shape index (κ2) is 10.2. The van der Waals surface area contributed by atoms with Gasteiger partial charge in [-0.1, -0.05) is 46.6 Å². The molecule has 1 aromatic carbocycles. The molecule has 0 aliphatic carbocycles. The average Bonchev–Trinajstić information content (AvgIpc) is 2.55. The van der Waals surface area contributed by atoms with Gasteiger partial charge in [-0.25, -0.2) is 0 Å². The monoisotopic (exact) mass is 302 g/mol. The lowest BCUT2D eigenvalue weighted by molar-refractivity contribution is 0.268. The number of rotatable bonds is 8. The summed E-state index contributed by atoms with van der Waals surface area (Å²) in [6, 6.07) is 6.29. The highest BCUT2D eigenvalue weighted by Crippen LogP contribution is 2.33. The van der Waals surface area contributed by atoms with Crippen LogP contribution >= 0.6 is 0 Å². The van der Waals surface area contributed by atoms with Gasteiger partial charge in [0.2, 0.25) is 0 Å². The Morgan fingerprint density at radius 3 is 2.18 bits per heavy atom. The molecule has 0 N–H and O–H groups in total. The van der Waals surface area contributed by atoms with Gasteiger partial charge in [0.15, 0.2) is 11.5 Å². The van der Waals surface area contributed by atoms with Crippen molar-refractivity contribution in [1.82, 2.24) is 0 Å². The Morgan fingerprint density at radius 2 is 1.59 bits per heavy atom. The SMILES string of the molecule is CCC#CC(C)C(C)c1ccc(OCCC)c(OCCC)c1. The van der Waals surface area contributed by atoms with Crippen LogP contribution < -0.4 is 9.47 Å². The predicted molar refractivity (Wildman–Crippen MR) is 93.7 cm³/mol. The highest BCUT2D eigenvalue weighted by atomic mass is 16.5. The van der Waals surface area contributed by atoms with Crippen molar-refractivity contribution in [1.29, 1.82) is 0 Å². The van der Waals surface area contributed by atoms with Crippen molar-refractivity contribution in [2.45, 2.75) is 59.8 Å². The molecule has 0 aliphatic heterocycles. The number of benzene rings is 1. The smallest absolute Gasteiger partial charge is 0.161 e. The molecule has 0 heterocycles. The van der Waals surface area contributed by atoms with Crippen molar-refractivity contribution in [3.05, 3.63) is 23.8 Å². The molecule has 2 heteroatoms. The molecule has 0 spiro atoms. The summed E-state index contributed by atoms with van der Waals surface area (Å²) in [6.07, 6.45) is 2.89. The van der Waals surface area contributed by atoms with Gasteiger partial charge in [-0.05, 0) is 36.5 Å². The van der Waals surface area contributed by atoms with Crippen LogP contribution in [0, 0.1) is 17.8 Å². The molecule has 0 saturated carbocycles. The topological polar surface area (TPSA) is 18.5 Å². The predicted octanol–water partition coefficient (Wildman–Crippen LogP) is 5.42. The Kier molecular flexibility index (Phi) is 8.51. The maximum absolute atomic E-state index is 5.87. The third kappa shape index (κ3) is 5.64. The minimum absolute atomic E-state index is 0.335. The molecule has 122 valence electrons. The molecule has 2 atom stereocenters. The standard InChI is InChI=1S/C20H30O2/c1-6-9-10-16(4)17(5)18-11-12-19(21-13-7-2)20(15-18)22-14-8-3/h11-12,15-17H,6-8,13-14H2,1-5H3. The number of ether oxygens (including phenoxy) is 2. The summed E-state index contributed by atoms with van der Waals surface area (Å²) in [5, 5.41) is 0. The quantitative estimate of drug-likeness (QED) is 0.597. The van der Waals surface area contributed by atoms with E-state index in [0.717, 1.165) is 37.4 Å². The van der Waals surface area contributed by atoms with Gasteiger partial charge in [-0.15, -0.1) is 5.92 Å². The molecule has 0 aromatic heterocycles. The molecule has 0 bridgehead atoms. The first-order chi connectivity index (χ1) is 10.6. The third-order valence-corrected chi connectivity index (χ3v) is 3.67. The van der Waals surface area contributed by atoms with E-state index >= 15 is 0 Å². The molecule has 2 nitrogen and oxygen atoms in total. The van der Waals surface area contributed by atoms with Crippen molar-refractivity contribution in [3.63, 3.8) is 0 Å². The molecule has 0 saturated heterocycles. The van der Waals surface area contributed by atoms with Crippen molar-refractivity contribution < 1.29 is 9.47 Å². The van der Waals surface area contributed by atoms with Crippen LogP contribution in [0.2, 0.25) is 0 Å². The zero-order valence-electron chi connectivity index (χ0n) is 14.7. The Bertz CT molecular complexity index is 496. The van der Waals surface area contributed by atoms with Gasteiger partial charge in [0.05, 0.1) is 13.2 Å². The minimum Gasteiger partial charge on any atom is -0.490 e. The van der Waals surface area contributed by atoms with Crippen molar-refractivity contribution in [2.75, 3.05) is 13.2 Å². The van der Waals surface area contributed by atoms with Crippen molar-refractivity contribution in [2.24, 2.45) is 5.92 Å². The highest BCUT2D eigenvalue weighted by Gasteiger charge is 2.15. The lowest BCUT2D eigenvalue weighted by atomic mass is 9.89. The van der Waals surface area contributed by atoms with Gasteiger partial charge in [-0.2, -0.15) is 0 Å². The molecular formula is C20H30O2. The van der Waals surface area contributed by atoms with E-state index in [1.165, 1.54) is 5.56 Å². The lowest BCUT2D eigenvalue weighted by Gasteiger charge is -2.19. The Hall–Kier alpha value is -1.62. The molecule has 0 amide bonds. The zero-order chi connectivity index (χ0) is 16.4. The maximum atomic E-state index is 5.87. The first-order valence-electron chi connectivity index (χ1n) is 8.51. The Morgan fingerprint density at radius 1 is 0.955 bits per heavy atom. The van der Waals surface area contributed by atoms with Crippen LogP contribution in [0.4, 0.5) is 0 Å². The van der Waals surface area contributed by atoms with E-state index in [-0.39, 0.29) is 0 Å². The Balaban J connectivity index is 2.95. The van der Waals surface area contributed by atoms with E-state index in [1.54, 1.807) is 0 Å². The highest BCUT2D eigenvalue weighted by molar-refractivity contribution is 5.44. The van der Waals surface area contributed by atoms with Gasteiger partial charge >= 0.3 is 0 Å². The van der Waals surface area contributed by atoms with Crippen molar-refractivity contribution >= 4 is 0 Å². The minimum atomic E-state index is 0.335. The van der Waals surface area contributed by atoms with E-state index < -0.39 is 0 Å². The van der Waals surface area contributed by atoms with Gasteiger partial charge in [0.1, 0.15) is 0 Å². The normalized spacial score (nSPS) is 13.0. The van der Waals surface area contributed by atoms with Crippen LogP contribution in [0.25, 0.3) is 0 Å². The van der Waals surface area contributed by atoms with E-state index in [4.69, 9.17) is 9.47 Å². The summed E-state index contributed by atoms with van der Waals surface area (Å²) < 4.78 is 11.7. The van der Waals surface area contributed by atoms with Crippen LogP contribution in [-0.2, 0) is 0 Å². The second-order valence-electron chi connectivity index (χ2n) is 5.66. The zero-order valence-corrected chi connectivity index (χ0v) is 14.7. The molecule has 0 aliphatic rings. The van der Waals surface area contributed by atoms with Crippen LogP contribution in [0.1, 0.15) is 65.4 Å². The average molecular weight is 302 g/mol. The van der Waals surface area contributed by atoms with Gasteiger partial charge in [0.25, 0.3) is 0 Å². The van der Waals surface area contributed by atoms with Crippen LogP contribution in [-0.4, -0.2) is 13.2 Å². The van der Waals surface area contributed by atoms with Gasteiger partial charge in [-0.3, -0.25) is 0 Å². The fraction of sp³-hybridized carbons (Fsp3) is 0.600. The fourth-order valence-corrected chi connectivity index (χ4v) is 2.14. The molecule has 0 radical (unpaired) electrons. The van der Waals surface area contributed by atoms with Crippen LogP contribution in [0.5, 0.6) is 11.5 Å². The number of hydrogen-bond acceptors (Lipinski definition) is 2. The lowest BCUT2D eigenvalue weighted by Crippen LogP contribution is -2.06. The van der Waals surface area contributed by atoms with Gasteiger partial charge < -0.3 is 9.47 Å². The summed E-state index contributed by atoms with van der Waals surface area (Å²) in [6.45, 7) is 12.1. The maximum Gasteiger partial charge on any atom is 0.161 e. The second-order valence-corrected chi connectivity index (χ2v) is 5.66. The summed E-state index contributed by atoms with van der Waals surface area (Å²) in [5.41, 5.74) is 1.26.